The predicted octanol–water partition coefficient (Wildman–Crippen LogP) is 3.54. The summed E-state index contributed by atoms with van der Waals surface area (Å²) in [6, 6.07) is 1.99. The van der Waals surface area contributed by atoms with Crippen LogP contribution in [0.1, 0.15) is 5.56 Å². The molecule has 0 aliphatic rings. The number of hydrogen-bond acceptors (Lipinski definition) is 1. The number of benzene rings is 1. The maximum absolute atomic E-state index is 12.7. The fraction of sp³-hybridized carbons (Fsp3) is 0.143. The van der Waals surface area contributed by atoms with Crippen molar-refractivity contribution in [1.29, 1.82) is 0 Å². The molecular formula is C7H4BrF2N3. The molecule has 68 valence electrons. The van der Waals surface area contributed by atoms with Crippen molar-refractivity contribution in [2.24, 2.45) is 5.11 Å². The Morgan fingerprint density at radius 3 is 2.62 bits per heavy atom. The van der Waals surface area contributed by atoms with Crippen LogP contribution in [0.4, 0.5) is 8.78 Å². The summed E-state index contributed by atoms with van der Waals surface area (Å²) in [6.07, 6.45) is 0. The van der Waals surface area contributed by atoms with Crippen molar-refractivity contribution in [3.63, 3.8) is 0 Å². The van der Waals surface area contributed by atoms with Gasteiger partial charge in [0.05, 0.1) is 6.54 Å². The summed E-state index contributed by atoms with van der Waals surface area (Å²) in [5.74, 6) is -1.89. The highest BCUT2D eigenvalue weighted by Gasteiger charge is 2.06. The Hall–Kier alpha value is -1.13. The normalized spacial score (nSPS) is 9.46. The van der Waals surface area contributed by atoms with E-state index in [0.717, 1.165) is 12.1 Å². The van der Waals surface area contributed by atoms with Crippen molar-refractivity contribution in [3.05, 3.63) is 44.2 Å². The molecule has 0 saturated heterocycles. The number of nitrogens with zero attached hydrogens (tertiary/aromatic N) is 3. The molecule has 1 aromatic rings. The van der Waals surface area contributed by atoms with Gasteiger partial charge in [0.15, 0.2) is 11.6 Å². The Bertz CT molecular complexity index is 374. The fourth-order valence-electron chi connectivity index (χ4n) is 0.793. The molecule has 0 heterocycles. The minimum atomic E-state index is -0.952. The summed E-state index contributed by atoms with van der Waals surface area (Å²) in [5, 5.41) is 3.24. The monoisotopic (exact) mass is 247 g/mol. The van der Waals surface area contributed by atoms with E-state index >= 15 is 0 Å². The van der Waals surface area contributed by atoms with Crippen molar-refractivity contribution in [3.8, 4) is 0 Å². The van der Waals surface area contributed by atoms with Gasteiger partial charge in [-0.2, -0.15) is 0 Å². The minimum Gasteiger partial charge on any atom is -0.204 e. The van der Waals surface area contributed by atoms with Crippen molar-refractivity contribution in [2.45, 2.75) is 6.54 Å². The van der Waals surface area contributed by atoms with E-state index in [0.29, 0.717) is 10.0 Å². The molecule has 0 amide bonds. The summed E-state index contributed by atoms with van der Waals surface area (Å²) < 4.78 is 25.6. The van der Waals surface area contributed by atoms with Gasteiger partial charge in [-0.15, -0.1) is 0 Å². The lowest BCUT2D eigenvalue weighted by Gasteiger charge is -2.00. The van der Waals surface area contributed by atoms with Crippen LogP contribution in [0.25, 0.3) is 10.4 Å². The zero-order chi connectivity index (χ0) is 9.84. The second-order valence-electron chi connectivity index (χ2n) is 2.25. The third kappa shape index (κ3) is 2.40. The highest BCUT2D eigenvalue weighted by atomic mass is 79.9. The Kier molecular flexibility index (Phi) is 3.22. The third-order valence-corrected chi connectivity index (χ3v) is 2.13. The summed E-state index contributed by atoms with van der Waals surface area (Å²) in [7, 11) is 0. The lowest BCUT2D eigenvalue weighted by molar-refractivity contribution is 0.506. The molecule has 0 aliphatic carbocycles. The maximum Gasteiger partial charge on any atom is 0.159 e. The number of hydrogen-bond donors (Lipinski definition) is 0. The van der Waals surface area contributed by atoms with E-state index in [1.165, 1.54) is 0 Å². The second kappa shape index (κ2) is 4.20. The van der Waals surface area contributed by atoms with Gasteiger partial charge in [-0.05, 0) is 23.2 Å². The van der Waals surface area contributed by atoms with Crippen LogP contribution >= 0.6 is 15.9 Å². The average Bonchev–Trinajstić information content (AvgIpc) is 2.09. The van der Waals surface area contributed by atoms with Crippen molar-refractivity contribution in [2.75, 3.05) is 0 Å². The van der Waals surface area contributed by atoms with E-state index in [1.807, 2.05) is 0 Å². The van der Waals surface area contributed by atoms with E-state index in [1.54, 1.807) is 0 Å². The molecule has 0 atom stereocenters. The quantitative estimate of drug-likeness (QED) is 0.332. The maximum atomic E-state index is 12.7. The van der Waals surface area contributed by atoms with Crippen LogP contribution in [0.5, 0.6) is 0 Å². The van der Waals surface area contributed by atoms with E-state index in [9.17, 15) is 8.78 Å². The molecule has 0 radical (unpaired) electrons. The molecule has 0 N–H and O–H groups in total. The van der Waals surface area contributed by atoms with Gasteiger partial charge in [0.1, 0.15) is 0 Å². The summed E-state index contributed by atoms with van der Waals surface area (Å²) in [5.41, 5.74) is 8.43. The molecule has 0 unspecified atom stereocenters. The zero-order valence-electron chi connectivity index (χ0n) is 6.34. The first-order valence-corrected chi connectivity index (χ1v) is 4.08. The Labute approximate surface area is 81.1 Å². The van der Waals surface area contributed by atoms with E-state index < -0.39 is 11.6 Å². The minimum absolute atomic E-state index is 0.00567. The molecule has 0 spiro atoms. The molecule has 0 fully saturated rings. The molecule has 0 saturated carbocycles. The summed E-state index contributed by atoms with van der Waals surface area (Å²) in [4.78, 5) is 2.51. The van der Waals surface area contributed by atoms with Crippen molar-refractivity contribution < 1.29 is 8.78 Å². The summed E-state index contributed by atoms with van der Waals surface area (Å²) in [6.45, 7) is -0.00567. The smallest absolute Gasteiger partial charge is 0.159 e. The highest BCUT2D eigenvalue weighted by molar-refractivity contribution is 9.10. The number of rotatable bonds is 2. The van der Waals surface area contributed by atoms with Gasteiger partial charge in [0.25, 0.3) is 0 Å². The predicted molar refractivity (Wildman–Crippen MR) is 46.9 cm³/mol. The molecule has 0 aliphatic heterocycles. The van der Waals surface area contributed by atoms with E-state index in [2.05, 4.69) is 26.0 Å². The van der Waals surface area contributed by atoms with Crippen molar-refractivity contribution in [1.82, 2.24) is 0 Å². The first kappa shape index (κ1) is 9.95. The Morgan fingerprint density at radius 2 is 2.00 bits per heavy atom. The lowest BCUT2D eigenvalue weighted by atomic mass is 10.2. The largest absolute Gasteiger partial charge is 0.204 e. The topological polar surface area (TPSA) is 48.8 Å². The summed E-state index contributed by atoms with van der Waals surface area (Å²) >= 11 is 3.02. The highest BCUT2D eigenvalue weighted by Crippen LogP contribution is 2.21. The molecule has 3 nitrogen and oxygen atoms in total. The molecule has 1 aromatic carbocycles. The SMILES string of the molecule is [N-]=[N+]=NCc1cc(F)c(F)cc1Br. The van der Waals surface area contributed by atoms with Crippen LogP contribution in [-0.4, -0.2) is 0 Å². The standard InChI is InChI=1S/C7H4BrF2N3/c8-5-2-7(10)6(9)1-4(5)3-12-13-11/h1-2H,3H2. The van der Waals surface area contributed by atoms with Crippen LogP contribution < -0.4 is 0 Å². The van der Waals surface area contributed by atoms with Crippen LogP contribution in [0.3, 0.4) is 0 Å². The third-order valence-electron chi connectivity index (χ3n) is 1.39. The first-order valence-electron chi connectivity index (χ1n) is 3.29. The van der Waals surface area contributed by atoms with Crippen molar-refractivity contribution >= 4 is 15.9 Å². The molecule has 6 heteroatoms. The molecule has 1 rings (SSSR count). The first-order chi connectivity index (χ1) is 6.15. The van der Waals surface area contributed by atoms with Crippen LogP contribution in [-0.2, 0) is 6.54 Å². The average molecular weight is 248 g/mol. The van der Waals surface area contributed by atoms with Gasteiger partial charge in [-0.1, -0.05) is 21.0 Å². The molecule has 0 aromatic heterocycles. The van der Waals surface area contributed by atoms with Crippen LogP contribution in [0.2, 0.25) is 0 Å². The van der Waals surface area contributed by atoms with Crippen LogP contribution in [0, 0.1) is 11.6 Å². The number of halogens is 3. The number of azide groups is 1. The fourth-order valence-corrected chi connectivity index (χ4v) is 1.23. The van der Waals surface area contributed by atoms with Gasteiger partial charge >= 0.3 is 0 Å². The Balaban J connectivity index is 3.07. The molecular weight excluding hydrogens is 244 g/mol. The van der Waals surface area contributed by atoms with Gasteiger partial charge in [-0.3, -0.25) is 0 Å². The van der Waals surface area contributed by atoms with E-state index in [-0.39, 0.29) is 6.54 Å². The van der Waals surface area contributed by atoms with Gasteiger partial charge in [0, 0.05) is 9.38 Å². The van der Waals surface area contributed by atoms with E-state index in [4.69, 9.17) is 5.53 Å². The molecule has 0 bridgehead atoms. The van der Waals surface area contributed by atoms with Crippen LogP contribution in [0.15, 0.2) is 21.7 Å². The Morgan fingerprint density at radius 1 is 1.38 bits per heavy atom. The second-order valence-corrected chi connectivity index (χ2v) is 3.10. The zero-order valence-corrected chi connectivity index (χ0v) is 7.92. The van der Waals surface area contributed by atoms with Gasteiger partial charge < -0.3 is 0 Å². The lowest BCUT2D eigenvalue weighted by Crippen LogP contribution is -1.89. The molecule has 13 heavy (non-hydrogen) atoms. The van der Waals surface area contributed by atoms with Gasteiger partial charge in [0.2, 0.25) is 0 Å². The van der Waals surface area contributed by atoms with Gasteiger partial charge in [-0.25, -0.2) is 8.78 Å².